The van der Waals surface area contributed by atoms with Gasteiger partial charge in [0.1, 0.15) is 0 Å². The van der Waals surface area contributed by atoms with Gasteiger partial charge >= 0.3 is 0 Å². The van der Waals surface area contributed by atoms with Crippen LogP contribution < -0.4 is 0 Å². The average Bonchev–Trinajstić information content (AvgIpc) is 2.33. The molecule has 1 unspecified atom stereocenters. The van der Waals surface area contributed by atoms with Crippen LogP contribution in [0, 0.1) is 5.92 Å². The number of hydrogen-bond donors (Lipinski definition) is 0. The zero-order valence-corrected chi connectivity index (χ0v) is 12.6. The third kappa shape index (κ3) is 31.8. The lowest BCUT2D eigenvalue weighted by Crippen LogP contribution is -1.91. The molecule has 0 nitrogen and oxygen atoms in total. The van der Waals surface area contributed by atoms with Crippen molar-refractivity contribution in [2.24, 2.45) is 5.92 Å². The smallest absolute Gasteiger partial charge is 0.0237 e. The largest absolute Gasteiger partial charge is 0.103 e. The van der Waals surface area contributed by atoms with Gasteiger partial charge in [-0.2, -0.15) is 0 Å². The van der Waals surface area contributed by atoms with E-state index in [0.717, 1.165) is 5.92 Å². The molecule has 0 radical (unpaired) electrons. The highest BCUT2D eigenvalue weighted by Gasteiger charge is 1.96. The lowest BCUT2D eigenvalue weighted by Gasteiger charge is -2.06. The van der Waals surface area contributed by atoms with Crippen LogP contribution in [0.1, 0.15) is 68.7 Å². The highest BCUT2D eigenvalue weighted by molar-refractivity contribution is 4.99. The molecule has 0 saturated carbocycles. The Labute approximate surface area is 99.5 Å². The molecule has 0 heteroatoms. The van der Waals surface area contributed by atoms with E-state index in [0.29, 0.717) is 0 Å². The van der Waals surface area contributed by atoms with Gasteiger partial charge in [-0.3, -0.25) is 0 Å². The van der Waals surface area contributed by atoms with Crippen molar-refractivity contribution < 1.29 is 0 Å². The van der Waals surface area contributed by atoms with Crippen molar-refractivity contribution in [1.82, 2.24) is 0 Å². The van der Waals surface area contributed by atoms with Crippen LogP contribution in [0.25, 0.3) is 0 Å². The van der Waals surface area contributed by atoms with Gasteiger partial charge in [0.15, 0.2) is 0 Å². The minimum atomic E-state index is 0.778. The molecule has 0 aromatic heterocycles. The highest BCUT2D eigenvalue weighted by Crippen LogP contribution is 2.11. The van der Waals surface area contributed by atoms with Crippen LogP contribution in [-0.2, 0) is 0 Å². The van der Waals surface area contributed by atoms with Gasteiger partial charge in [0.25, 0.3) is 0 Å². The maximum atomic E-state index is 3.36. The first kappa shape index (κ1) is 24.0. The molecule has 1 atom stereocenters. The average molecular weight is 214 g/mol. The molecule has 0 aliphatic rings. The van der Waals surface area contributed by atoms with Crippen molar-refractivity contribution in [2.45, 2.75) is 68.7 Å². The fourth-order valence-electron chi connectivity index (χ4n) is 0.606. The SMILES string of the molecule is C/C=C(\C)C(C)CC.C=CC.CC.CC. The lowest BCUT2D eigenvalue weighted by molar-refractivity contribution is 0.654. The van der Waals surface area contributed by atoms with Crippen LogP contribution in [0.5, 0.6) is 0 Å². The van der Waals surface area contributed by atoms with E-state index in [1.807, 2.05) is 34.6 Å². The van der Waals surface area contributed by atoms with Gasteiger partial charge < -0.3 is 0 Å². The van der Waals surface area contributed by atoms with E-state index >= 15 is 0 Å². The summed E-state index contributed by atoms with van der Waals surface area (Å²) in [6.45, 7) is 22.0. The first-order valence-corrected chi connectivity index (χ1v) is 6.33. The van der Waals surface area contributed by atoms with Gasteiger partial charge in [-0.15, -0.1) is 6.58 Å². The van der Waals surface area contributed by atoms with E-state index in [2.05, 4.69) is 40.3 Å². The zero-order valence-electron chi connectivity index (χ0n) is 12.6. The summed E-state index contributed by atoms with van der Waals surface area (Å²) in [4.78, 5) is 0. The lowest BCUT2D eigenvalue weighted by atomic mass is 10.0. The van der Waals surface area contributed by atoms with E-state index in [1.54, 1.807) is 6.08 Å². The molecule has 0 N–H and O–H groups in total. The Morgan fingerprint density at radius 3 is 1.47 bits per heavy atom. The Hall–Kier alpha value is -0.520. The molecule has 94 valence electrons. The molecular weight excluding hydrogens is 180 g/mol. The maximum absolute atomic E-state index is 3.36. The Balaban J connectivity index is -0.0000000726. The van der Waals surface area contributed by atoms with Crippen molar-refractivity contribution in [3.8, 4) is 0 Å². The predicted octanol–water partition coefficient (Wildman–Crippen LogP) is 6.24. The maximum Gasteiger partial charge on any atom is -0.0237 e. The highest BCUT2D eigenvalue weighted by atomic mass is 14.0. The summed E-state index contributed by atoms with van der Waals surface area (Å²) in [6, 6.07) is 0. The van der Waals surface area contributed by atoms with Crippen LogP contribution >= 0.6 is 0 Å². The van der Waals surface area contributed by atoms with Gasteiger partial charge in [0, 0.05) is 0 Å². The van der Waals surface area contributed by atoms with E-state index in [-0.39, 0.29) is 0 Å². The third-order valence-electron chi connectivity index (χ3n) is 1.85. The van der Waals surface area contributed by atoms with Crippen LogP contribution in [0.3, 0.4) is 0 Å². The predicted molar refractivity (Wildman–Crippen MR) is 77.5 cm³/mol. The monoisotopic (exact) mass is 214 g/mol. The first-order valence-electron chi connectivity index (χ1n) is 6.33. The molecule has 0 amide bonds. The summed E-state index contributed by atoms with van der Waals surface area (Å²) >= 11 is 0. The van der Waals surface area contributed by atoms with Crippen LogP contribution in [0.4, 0.5) is 0 Å². The van der Waals surface area contributed by atoms with Crippen LogP contribution in [0.15, 0.2) is 24.3 Å². The van der Waals surface area contributed by atoms with Gasteiger partial charge in [-0.25, -0.2) is 0 Å². The van der Waals surface area contributed by atoms with Gasteiger partial charge in [0.05, 0.1) is 0 Å². The molecule has 15 heavy (non-hydrogen) atoms. The molecule has 0 bridgehead atoms. The molecule has 0 saturated heterocycles. The summed E-state index contributed by atoms with van der Waals surface area (Å²) in [5.41, 5.74) is 1.51. The molecule has 0 rings (SSSR count). The fraction of sp³-hybridized carbons (Fsp3) is 0.733. The zero-order chi connectivity index (χ0) is 13.3. The molecule has 0 aliphatic heterocycles. The van der Waals surface area contributed by atoms with E-state index in [1.165, 1.54) is 12.0 Å². The Bertz CT molecular complexity index is 109. The third-order valence-corrected chi connectivity index (χ3v) is 1.85. The second kappa shape index (κ2) is 29.2. The van der Waals surface area contributed by atoms with Gasteiger partial charge in [-0.1, -0.05) is 59.3 Å². The minimum absolute atomic E-state index is 0.778. The van der Waals surface area contributed by atoms with Crippen molar-refractivity contribution in [3.63, 3.8) is 0 Å². The van der Waals surface area contributed by atoms with Crippen molar-refractivity contribution in [2.75, 3.05) is 0 Å². The van der Waals surface area contributed by atoms with Gasteiger partial charge in [-0.05, 0) is 33.1 Å². The topological polar surface area (TPSA) is 0 Å². The molecule has 0 heterocycles. The van der Waals surface area contributed by atoms with E-state index in [4.69, 9.17) is 0 Å². The Morgan fingerprint density at radius 1 is 1.13 bits per heavy atom. The minimum Gasteiger partial charge on any atom is -0.103 e. The summed E-state index contributed by atoms with van der Waals surface area (Å²) in [5, 5.41) is 0. The molecular formula is C15H34. The van der Waals surface area contributed by atoms with Crippen LogP contribution in [0.2, 0.25) is 0 Å². The van der Waals surface area contributed by atoms with E-state index < -0.39 is 0 Å². The fourth-order valence-corrected chi connectivity index (χ4v) is 0.606. The second-order valence-corrected chi connectivity index (χ2v) is 2.75. The van der Waals surface area contributed by atoms with Gasteiger partial charge in [0.2, 0.25) is 0 Å². The summed E-state index contributed by atoms with van der Waals surface area (Å²) in [6.07, 6.45) is 5.20. The van der Waals surface area contributed by atoms with Crippen molar-refractivity contribution in [3.05, 3.63) is 24.3 Å². The molecule has 0 spiro atoms. The number of hydrogen-bond acceptors (Lipinski definition) is 0. The van der Waals surface area contributed by atoms with Crippen molar-refractivity contribution in [1.29, 1.82) is 0 Å². The number of rotatable bonds is 2. The number of allylic oxidation sites excluding steroid dienone is 3. The molecule has 0 fully saturated rings. The Kier molecular flexibility index (Phi) is 46.6. The summed E-state index contributed by atoms with van der Waals surface area (Å²) in [5.74, 6) is 0.778. The Morgan fingerprint density at radius 2 is 1.40 bits per heavy atom. The van der Waals surface area contributed by atoms with Crippen LogP contribution in [-0.4, -0.2) is 0 Å². The second-order valence-electron chi connectivity index (χ2n) is 2.75. The quantitative estimate of drug-likeness (QED) is 0.477. The van der Waals surface area contributed by atoms with E-state index in [9.17, 15) is 0 Å². The first-order chi connectivity index (χ1) is 7.13. The summed E-state index contributed by atoms with van der Waals surface area (Å²) < 4.78 is 0. The molecule has 0 aromatic rings. The molecule has 0 aliphatic carbocycles. The normalized spacial score (nSPS) is 10.3. The standard InChI is InChI=1S/C8H16.C3H6.2C2H6/c1-5-7(3)8(4)6-2;1-3-2;2*1-2/h5,8H,6H2,1-4H3;3H,1H2,2H3;2*1-2H3/b7-5+;;;. The summed E-state index contributed by atoms with van der Waals surface area (Å²) in [7, 11) is 0. The van der Waals surface area contributed by atoms with Crippen molar-refractivity contribution >= 4 is 0 Å². The molecule has 0 aromatic carbocycles.